The van der Waals surface area contributed by atoms with Crippen LogP contribution < -0.4 is 0 Å². The highest BCUT2D eigenvalue weighted by Gasteiger charge is 2.35. The largest absolute Gasteiger partial charge is 0.300 e. The molecular formula is C11H12OS2. The lowest BCUT2D eigenvalue weighted by atomic mass is 10.1. The zero-order chi connectivity index (χ0) is 9.86. The molecule has 0 radical (unpaired) electrons. The Morgan fingerprint density at radius 1 is 1.14 bits per heavy atom. The molecule has 1 heterocycles. The van der Waals surface area contributed by atoms with Crippen molar-refractivity contribution in [2.75, 3.05) is 11.5 Å². The topological polar surface area (TPSA) is 17.1 Å². The first-order valence-corrected chi connectivity index (χ1v) is 6.64. The van der Waals surface area contributed by atoms with E-state index in [9.17, 15) is 4.79 Å². The van der Waals surface area contributed by atoms with Gasteiger partial charge in [-0.1, -0.05) is 30.3 Å². The van der Waals surface area contributed by atoms with Gasteiger partial charge in [-0.05, 0) is 23.5 Å². The Balaban J connectivity index is 2.32. The number of rotatable bonds is 2. The fourth-order valence-electron chi connectivity index (χ4n) is 1.52. The minimum atomic E-state index is -0.334. The lowest BCUT2D eigenvalue weighted by molar-refractivity contribution is -0.108. The van der Waals surface area contributed by atoms with E-state index >= 15 is 0 Å². The maximum Gasteiger partial charge on any atom is 0.150 e. The summed E-state index contributed by atoms with van der Waals surface area (Å²) in [6.07, 6.45) is 2.30. The maximum absolute atomic E-state index is 11.2. The summed E-state index contributed by atoms with van der Waals surface area (Å²) in [5.41, 5.74) is 1.13. The van der Waals surface area contributed by atoms with Crippen molar-refractivity contribution in [2.24, 2.45) is 0 Å². The number of hydrogen-bond acceptors (Lipinski definition) is 3. The van der Waals surface area contributed by atoms with Crippen molar-refractivity contribution in [1.29, 1.82) is 0 Å². The predicted octanol–water partition coefficient (Wildman–Crippen LogP) is 2.91. The van der Waals surface area contributed by atoms with Crippen LogP contribution >= 0.6 is 23.5 Å². The number of carbonyl (C=O) groups excluding carboxylic acids is 1. The normalized spacial score (nSPS) is 20.3. The van der Waals surface area contributed by atoms with E-state index in [-0.39, 0.29) is 4.08 Å². The van der Waals surface area contributed by atoms with Crippen LogP contribution in [0.5, 0.6) is 0 Å². The SMILES string of the molecule is O=CC1(c2ccccc2)SCCCS1. The standard InChI is InChI=1S/C11H12OS2/c12-9-11(13-7-4-8-14-11)10-5-2-1-3-6-10/h1-3,5-6,9H,4,7-8H2. The van der Waals surface area contributed by atoms with Gasteiger partial charge < -0.3 is 4.79 Å². The van der Waals surface area contributed by atoms with E-state index in [1.54, 1.807) is 23.5 Å². The van der Waals surface area contributed by atoms with Crippen LogP contribution in [0, 0.1) is 0 Å². The Hall–Kier alpha value is -0.410. The maximum atomic E-state index is 11.2. The predicted molar refractivity (Wildman–Crippen MR) is 63.7 cm³/mol. The van der Waals surface area contributed by atoms with Crippen LogP contribution in [0.1, 0.15) is 12.0 Å². The van der Waals surface area contributed by atoms with Gasteiger partial charge in [-0.25, -0.2) is 0 Å². The molecule has 3 heteroatoms. The monoisotopic (exact) mass is 224 g/mol. The third-order valence-electron chi connectivity index (χ3n) is 2.25. The van der Waals surface area contributed by atoms with E-state index in [1.165, 1.54) is 6.42 Å². The van der Waals surface area contributed by atoms with Crippen LogP contribution in [-0.4, -0.2) is 17.8 Å². The van der Waals surface area contributed by atoms with Crippen LogP contribution in [0.3, 0.4) is 0 Å². The summed E-state index contributed by atoms with van der Waals surface area (Å²) in [6, 6.07) is 10.1. The molecule has 0 unspecified atom stereocenters. The molecule has 1 aliphatic rings. The molecule has 1 saturated heterocycles. The molecule has 0 aliphatic carbocycles. The van der Waals surface area contributed by atoms with Gasteiger partial charge in [0, 0.05) is 0 Å². The molecule has 1 aromatic carbocycles. The van der Waals surface area contributed by atoms with Crippen molar-refractivity contribution in [2.45, 2.75) is 10.5 Å². The highest BCUT2D eigenvalue weighted by molar-refractivity contribution is 8.19. The molecule has 1 aliphatic heterocycles. The minimum Gasteiger partial charge on any atom is -0.300 e. The average Bonchev–Trinajstić information content (AvgIpc) is 2.31. The zero-order valence-electron chi connectivity index (χ0n) is 7.81. The highest BCUT2D eigenvalue weighted by Crippen LogP contribution is 2.48. The number of aldehydes is 1. The minimum absolute atomic E-state index is 0.334. The molecule has 0 saturated carbocycles. The fourth-order valence-corrected chi connectivity index (χ4v) is 4.46. The summed E-state index contributed by atoms with van der Waals surface area (Å²) < 4.78 is -0.334. The van der Waals surface area contributed by atoms with E-state index < -0.39 is 0 Å². The van der Waals surface area contributed by atoms with Crippen molar-refractivity contribution in [3.8, 4) is 0 Å². The van der Waals surface area contributed by atoms with Crippen molar-refractivity contribution in [3.63, 3.8) is 0 Å². The molecule has 0 aromatic heterocycles. The van der Waals surface area contributed by atoms with Crippen molar-refractivity contribution < 1.29 is 4.79 Å². The van der Waals surface area contributed by atoms with Gasteiger partial charge in [0.15, 0.2) is 6.29 Å². The molecule has 1 nitrogen and oxygen atoms in total. The first-order chi connectivity index (χ1) is 6.87. The van der Waals surface area contributed by atoms with Gasteiger partial charge in [-0.2, -0.15) is 0 Å². The molecule has 0 spiro atoms. The van der Waals surface area contributed by atoms with Gasteiger partial charge in [0.25, 0.3) is 0 Å². The number of benzene rings is 1. The van der Waals surface area contributed by atoms with Crippen molar-refractivity contribution >= 4 is 29.8 Å². The van der Waals surface area contributed by atoms with Crippen LogP contribution in [0.25, 0.3) is 0 Å². The number of thioether (sulfide) groups is 2. The van der Waals surface area contributed by atoms with Gasteiger partial charge in [-0.15, -0.1) is 23.5 Å². The fraction of sp³-hybridized carbons (Fsp3) is 0.364. The molecule has 0 atom stereocenters. The van der Waals surface area contributed by atoms with Gasteiger partial charge in [0.1, 0.15) is 4.08 Å². The summed E-state index contributed by atoms with van der Waals surface area (Å²) in [6.45, 7) is 0. The summed E-state index contributed by atoms with van der Waals surface area (Å²) in [7, 11) is 0. The first kappa shape index (κ1) is 10.1. The van der Waals surface area contributed by atoms with E-state index in [2.05, 4.69) is 0 Å². The second-order valence-corrected chi connectivity index (χ2v) is 6.14. The summed E-state index contributed by atoms with van der Waals surface area (Å²) in [5.74, 6) is 2.17. The molecule has 0 N–H and O–H groups in total. The molecule has 0 amide bonds. The quantitative estimate of drug-likeness (QED) is 0.719. The van der Waals surface area contributed by atoms with Gasteiger partial charge in [-0.3, -0.25) is 0 Å². The van der Waals surface area contributed by atoms with Crippen molar-refractivity contribution in [1.82, 2.24) is 0 Å². The Kier molecular flexibility index (Phi) is 3.19. The second kappa shape index (κ2) is 4.41. The number of hydrogen-bond donors (Lipinski definition) is 0. The van der Waals surface area contributed by atoms with Crippen LogP contribution in [0.15, 0.2) is 30.3 Å². The lowest BCUT2D eigenvalue weighted by Gasteiger charge is -2.31. The average molecular weight is 224 g/mol. The molecule has 1 aromatic rings. The third-order valence-corrected chi connectivity index (χ3v) is 5.47. The summed E-state index contributed by atoms with van der Waals surface area (Å²) in [4.78, 5) is 11.2. The second-order valence-electron chi connectivity index (χ2n) is 3.20. The van der Waals surface area contributed by atoms with E-state index in [4.69, 9.17) is 0 Å². The van der Waals surface area contributed by atoms with Crippen LogP contribution in [-0.2, 0) is 8.87 Å². The van der Waals surface area contributed by atoms with Crippen LogP contribution in [0.4, 0.5) is 0 Å². The molecule has 74 valence electrons. The molecule has 2 rings (SSSR count). The first-order valence-electron chi connectivity index (χ1n) is 4.67. The molecule has 1 fully saturated rings. The summed E-state index contributed by atoms with van der Waals surface area (Å²) >= 11 is 3.52. The number of carbonyl (C=O) groups is 1. The van der Waals surface area contributed by atoms with Gasteiger partial charge in [0.2, 0.25) is 0 Å². The molecule has 14 heavy (non-hydrogen) atoms. The highest BCUT2D eigenvalue weighted by atomic mass is 32.2. The van der Waals surface area contributed by atoms with E-state index in [1.807, 2.05) is 30.3 Å². The van der Waals surface area contributed by atoms with Gasteiger partial charge in [0.05, 0.1) is 0 Å². The van der Waals surface area contributed by atoms with Gasteiger partial charge >= 0.3 is 0 Å². The molecular weight excluding hydrogens is 212 g/mol. The van der Waals surface area contributed by atoms with E-state index in [0.29, 0.717) is 0 Å². The Morgan fingerprint density at radius 2 is 1.79 bits per heavy atom. The molecule has 0 bridgehead atoms. The van der Waals surface area contributed by atoms with Crippen molar-refractivity contribution in [3.05, 3.63) is 35.9 Å². The zero-order valence-corrected chi connectivity index (χ0v) is 9.44. The Bertz CT molecular complexity index is 304. The van der Waals surface area contributed by atoms with E-state index in [0.717, 1.165) is 23.4 Å². The lowest BCUT2D eigenvalue weighted by Crippen LogP contribution is -2.24. The Labute approximate surface area is 92.7 Å². The third kappa shape index (κ3) is 1.84. The van der Waals surface area contributed by atoms with Crippen LogP contribution in [0.2, 0.25) is 0 Å². The Morgan fingerprint density at radius 3 is 2.36 bits per heavy atom. The summed E-state index contributed by atoms with van der Waals surface area (Å²) in [5, 5.41) is 0. The smallest absolute Gasteiger partial charge is 0.150 e.